The first-order valence-corrected chi connectivity index (χ1v) is 7.25. The van der Waals surface area contributed by atoms with E-state index < -0.39 is 17.6 Å². The van der Waals surface area contributed by atoms with E-state index in [2.05, 4.69) is 10.5 Å². The van der Waals surface area contributed by atoms with Gasteiger partial charge in [0.25, 0.3) is 5.91 Å². The van der Waals surface area contributed by atoms with E-state index in [-0.39, 0.29) is 12.3 Å². The fourth-order valence-corrected chi connectivity index (χ4v) is 2.29. The predicted octanol–water partition coefficient (Wildman–Crippen LogP) is 1.94. The molecule has 118 valence electrons. The number of carbonyl (C=O) groups excluding carboxylic acids is 1. The lowest BCUT2D eigenvalue weighted by Crippen LogP contribution is -2.50. The molecular formula is C16H20N2O4. The molecule has 1 amide bonds. The smallest absolute Gasteiger partial charge is 0.305 e. The molecule has 6 nitrogen and oxygen atoms in total. The summed E-state index contributed by atoms with van der Waals surface area (Å²) in [5, 5.41) is 15.7. The highest BCUT2D eigenvalue weighted by molar-refractivity contribution is 6.04. The van der Waals surface area contributed by atoms with Crippen LogP contribution in [-0.4, -0.2) is 34.3 Å². The van der Waals surface area contributed by atoms with Crippen molar-refractivity contribution < 1.29 is 19.5 Å². The summed E-state index contributed by atoms with van der Waals surface area (Å²) in [6.45, 7) is 3.55. The molecular weight excluding hydrogens is 284 g/mol. The molecule has 0 fully saturated rings. The lowest BCUT2D eigenvalue weighted by molar-refractivity contribution is -0.140. The lowest BCUT2D eigenvalue weighted by atomic mass is 9.93. The van der Waals surface area contributed by atoms with Gasteiger partial charge in [-0.1, -0.05) is 42.4 Å². The van der Waals surface area contributed by atoms with E-state index in [4.69, 9.17) is 9.94 Å². The molecule has 1 heterocycles. The molecule has 0 saturated heterocycles. The zero-order chi connectivity index (χ0) is 16.2. The number of benzene rings is 1. The molecule has 0 radical (unpaired) electrons. The third kappa shape index (κ3) is 3.84. The highest BCUT2D eigenvalue weighted by atomic mass is 16.6. The molecule has 0 aliphatic carbocycles. The first-order valence-electron chi connectivity index (χ1n) is 7.25. The number of nitrogens with zero attached hydrogens (tertiary/aromatic N) is 1. The molecule has 2 N–H and O–H groups in total. The van der Waals surface area contributed by atoms with Gasteiger partial charge < -0.3 is 15.3 Å². The van der Waals surface area contributed by atoms with Crippen LogP contribution in [0.15, 0.2) is 35.5 Å². The summed E-state index contributed by atoms with van der Waals surface area (Å²) in [5.74, 6) is -1.28. The molecule has 22 heavy (non-hydrogen) atoms. The highest BCUT2D eigenvalue weighted by Gasteiger charge is 2.34. The van der Waals surface area contributed by atoms with Gasteiger partial charge in [0.2, 0.25) is 6.10 Å². The lowest BCUT2D eigenvalue weighted by Gasteiger charge is -2.28. The summed E-state index contributed by atoms with van der Waals surface area (Å²) in [6.07, 6.45) is 0.0520. The largest absolute Gasteiger partial charge is 0.481 e. The summed E-state index contributed by atoms with van der Waals surface area (Å²) in [5.41, 5.74) is 0.848. The van der Waals surface area contributed by atoms with Crippen molar-refractivity contribution in [2.45, 2.75) is 44.8 Å². The van der Waals surface area contributed by atoms with Crippen LogP contribution >= 0.6 is 0 Å². The van der Waals surface area contributed by atoms with Gasteiger partial charge in [-0.25, -0.2) is 0 Å². The molecule has 0 bridgehead atoms. The Morgan fingerprint density at radius 1 is 1.41 bits per heavy atom. The van der Waals surface area contributed by atoms with Crippen LogP contribution in [0, 0.1) is 0 Å². The van der Waals surface area contributed by atoms with Crippen molar-refractivity contribution in [1.82, 2.24) is 5.32 Å². The van der Waals surface area contributed by atoms with Crippen molar-refractivity contribution in [1.29, 1.82) is 0 Å². The van der Waals surface area contributed by atoms with Crippen molar-refractivity contribution >= 4 is 17.6 Å². The molecule has 0 spiro atoms. The van der Waals surface area contributed by atoms with Crippen LogP contribution in [0.2, 0.25) is 0 Å². The Morgan fingerprint density at radius 3 is 2.68 bits per heavy atom. The number of hydrogen-bond donors (Lipinski definition) is 2. The van der Waals surface area contributed by atoms with E-state index in [1.54, 1.807) is 6.92 Å². The first-order chi connectivity index (χ1) is 10.4. The maximum absolute atomic E-state index is 12.3. The second kappa shape index (κ2) is 6.60. The Balaban J connectivity index is 1.97. The van der Waals surface area contributed by atoms with Gasteiger partial charge in [-0.2, -0.15) is 0 Å². The molecule has 0 aromatic heterocycles. The van der Waals surface area contributed by atoms with Gasteiger partial charge in [-0.15, -0.1) is 0 Å². The zero-order valence-corrected chi connectivity index (χ0v) is 12.7. The van der Waals surface area contributed by atoms with Gasteiger partial charge in [0, 0.05) is 12.0 Å². The zero-order valence-electron chi connectivity index (χ0n) is 12.7. The van der Waals surface area contributed by atoms with E-state index in [1.807, 2.05) is 37.3 Å². The van der Waals surface area contributed by atoms with Crippen LogP contribution in [0.5, 0.6) is 0 Å². The number of carbonyl (C=O) groups is 2. The average molecular weight is 304 g/mol. The molecule has 6 heteroatoms. The third-order valence-electron chi connectivity index (χ3n) is 3.82. The Morgan fingerprint density at radius 2 is 2.09 bits per heavy atom. The standard InChI is InChI=1S/C16H20N2O4/c1-3-16(2,10-14(19)20)17-15(21)13-9-12(18-22-13)11-7-5-4-6-8-11/h4-8,13H,3,9-10H2,1-2H3,(H,17,21)(H,19,20)/t13-,16-/m1/s1. The van der Waals surface area contributed by atoms with Crippen LogP contribution < -0.4 is 5.32 Å². The summed E-state index contributed by atoms with van der Waals surface area (Å²) < 4.78 is 0. The van der Waals surface area contributed by atoms with Gasteiger partial charge in [-0.05, 0) is 18.9 Å². The third-order valence-corrected chi connectivity index (χ3v) is 3.82. The number of rotatable bonds is 6. The first kappa shape index (κ1) is 16.0. The second-order valence-corrected chi connectivity index (χ2v) is 5.68. The maximum Gasteiger partial charge on any atom is 0.305 e. The van der Waals surface area contributed by atoms with Crippen LogP contribution in [0.3, 0.4) is 0 Å². The van der Waals surface area contributed by atoms with Crippen molar-refractivity contribution in [3.05, 3.63) is 35.9 Å². The van der Waals surface area contributed by atoms with E-state index in [0.717, 1.165) is 11.3 Å². The number of carboxylic acid groups (broad SMARTS) is 1. The molecule has 0 saturated carbocycles. The van der Waals surface area contributed by atoms with Gasteiger partial charge >= 0.3 is 5.97 Å². The van der Waals surface area contributed by atoms with Crippen molar-refractivity contribution in [2.24, 2.45) is 5.16 Å². The van der Waals surface area contributed by atoms with Crippen LogP contribution in [0.25, 0.3) is 0 Å². The maximum atomic E-state index is 12.3. The number of carboxylic acids is 1. The molecule has 1 aliphatic heterocycles. The number of hydrogen-bond acceptors (Lipinski definition) is 4. The number of aliphatic carboxylic acids is 1. The van der Waals surface area contributed by atoms with Crippen LogP contribution in [-0.2, 0) is 14.4 Å². The van der Waals surface area contributed by atoms with Crippen molar-refractivity contribution in [3.63, 3.8) is 0 Å². The van der Waals surface area contributed by atoms with Gasteiger partial charge in [-0.3, -0.25) is 9.59 Å². The summed E-state index contributed by atoms with van der Waals surface area (Å²) in [7, 11) is 0. The molecule has 1 aromatic carbocycles. The van der Waals surface area contributed by atoms with Crippen molar-refractivity contribution in [2.75, 3.05) is 0 Å². The van der Waals surface area contributed by atoms with E-state index in [0.29, 0.717) is 12.8 Å². The quantitative estimate of drug-likeness (QED) is 0.840. The molecule has 0 unspecified atom stereocenters. The van der Waals surface area contributed by atoms with Crippen LogP contribution in [0.1, 0.15) is 38.7 Å². The second-order valence-electron chi connectivity index (χ2n) is 5.68. The minimum absolute atomic E-state index is 0.131. The fraction of sp³-hybridized carbons (Fsp3) is 0.438. The normalized spacial score (nSPS) is 19.7. The monoisotopic (exact) mass is 304 g/mol. The van der Waals surface area contributed by atoms with Crippen LogP contribution in [0.4, 0.5) is 0 Å². The van der Waals surface area contributed by atoms with Gasteiger partial charge in [0.05, 0.1) is 12.1 Å². The molecule has 2 rings (SSSR count). The Labute approximate surface area is 129 Å². The highest BCUT2D eigenvalue weighted by Crippen LogP contribution is 2.20. The Kier molecular flexibility index (Phi) is 4.80. The molecule has 1 aliphatic rings. The number of amides is 1. The number of nitrogens with one attached hydrogen (secondary N) is 1. The van der Waals surface area contributed by atoms with E-state index in [1.165, 1.54) is 0 Å². The predicted molar refractivity (Wildman–Crippen MR) is 81.6 cm³/mol. The van der Waals surface area contributed by atoms with Crippen molar-refractivity contribution in [3.8, 4) is 0 Å². The summed E-state index contributed by atoms with van der Waals surface area (Å²) in [4.78, 5) is 28.4. The SMILES string of the molecule is CC[C@](C)(CC(=O)O)NC(=O)[C@H]1CC(c2ccccc2)=NO1. The topological polar surface area (TPSA) is 88.0 Å². The summed E-state index contributed by atoms with van der Waals surface area (Å²) in [6, 6.07) is 9.51. The molecule has 2 atom stereocenters. The molecule has 1 aromatic rings. The van der Waals surface area contributed by atoms with E-state index in [9.17, 15) is 9.59 Å². The van der Waals surface area contributed by atoms with Gasteiger partial charge in [0.15, 0.2) is 0 Å². The Hall–Kier alpha value is -2.37. The average Bonchev–Trinajstić information content (AvgIpc) is 2.97. The van der Waals surface area contributed by atoms with E-state index >= 15 is 0 Å². The minimum atomic E-state index is -0.946. The fourth-order valence-electron chi connectivity index (χ4n) is 2.29. The van der Waals surface area contributed by atoms with Gasteiger partial charge in [0.1, 0.15) is 0 Å². The Bertz CT molecular complexity index is 585. The number of oxime groups is 1. The summed E-state index contributed by atoms with van der Waals surface area (Å²) >= 11 is 0. The minimum Gasteiger partial charge on any atom is -0.481 e.